The first-order valence-corrected chi connectivity index (χ1v) is 8.52. The predicted octanol–water partition coefficient (Wildman–Crippen LogP) is 3.77. The second-order valence-corrected chi connectivity index (χ2v) is 7.06. The van der Waals surface area contributed by atoms with E-state index in [1.807, 2.05) is 6.20 Å². The van der Waals surface area contributed by atoms with Crippen molar-refractivity contribution in [2.45, 2.75) is 38.8 Å². The number of aryl methyl sites for hydroxylation is 1. The molecule has 1 atom stereocenters. The van der Waals surface area contributed by atoms with Crippen LogP contribution in [-0.2, 0) is 0 Å². The molecule has 0 bridgehead atoms. The fraction of sp³-hybridized carbons (Fsp3) is 0.471. The number of thiazole rings is 1. The molecule has 21 heavy (non-hydrogen) atoms. The maximum atomic E-state index is 4.49. The fourth-order valence-electron chi connectivity index (χ4n) is 2.94. The molecule has 1 N–H and O–H groups in total. The Morgan fingerprint density at radius 2 is 1.95 bits per heavy atom. The van der Waals surface area contributed by atoms with E-state index in [2.05, 4.69) is 59.4 Å². The van der Waals surface area contributed by atoms with Crippen LogP contribution in [0.2, 0.25) is 0 Å². The Hall–Kier alpha value is -1.39. The van der Waals surface area contributed by atoms with Gasteiger partial charge in [-0.3, -0.25) is 0 Å². The van der Waals surface area contributed by atoms with Crippen LogP contribution in [0.15, 0.2) is 36.5 Å². The van der Waals surface area contributed by atoms with E-state index in [4.69, 9.17) is 0 Å². The number of piperidine rings is 1. The summed E-state index contributed by atoms with van der Waals surface area (Å²) in [6.07, 6.45) is 4.36. The molecular formula is C17H23N3S. The quantitative estimate of drug-likeness (QED) is 0.931. The number of nitrogens with zero attached hydrogens (tertiary/aromatic N) is 2. The summed E-state index contributed by atoms with van der Waals surface area (Å²) in [7, 11) is 0. The zero-order valence-electron chi connectivity index (χ0n) is 12.7. The van der Waals surface area contributed by atoms with Gasteiger partial charge in [-0.1, -0.05) is 18.2 Å². The maximum absolute atomic E-state index is 4.49. The van der Waals surface area contributed by atoms with Gasteiger partial charge < -0.3 is 10.2 Å². The largest absolute Gasteiger partial charge is 0.371 e. The first kappa shape index (κ1) is 14.5. The molecule has 1 unspecified atom stereocenters. The van der Waals surface area contributed by atoms with Gasteiger partial charge in [-0.25, -0.2) is 4.98 Å². The molecule has 1 aromatic heterocycles. The monoisotopic (exact) mass is 301 g/mol. The third-order valence-corrected chi connectivity index (χ3v) is 5.21. The molecule has 0 aliphatic carbocycles. The van der Waals surface area contributed by atoms with Crippen molar-refractivity contribution in [3.05, 3.63) is 46.4 Å². The van der Waals surface area contributed by atoms with Crippen LogP contribution in [0.5, 0.6) is 0 Å². The van der Waals surface area contributed by atoms with Crippen LogP contribution in [0.4, 0.5) is 5.69 Å². The number of aromatic nitrogens is 1. The molecule has 0 radical (unpaired) electrons. The van der Waals surface area contributed by atoms with Crippen LogP contribution in [0.1, 0.15) is 35.7 Å². The Labute approximate surface area is 131 Å². The van der Waals surface area contributed by atoms with E-state index in [0.717, 1.165) is 13.1 Å². The van der Waals surface area contributed by atoms with Crippen molar-refractivity contribution in [1.82, 2.24) is 10.3 Å². The minimum atomic E-state index is 0.358. The molecule has 3 rings (SSSR count). The van der Waals surface area contributed by atoms with Gasteiger partial charge in [0.15, 0.2) is 0 Å². The predicted molar refractivity (Wildman–Crippen MR) is 90.1 cm³/mol. The highest BCUT2D eigenvalue weighted by molar-refractivity contribution is 7.11. The van der Waals surface area contributed by atoms with E-state index >= 15 is 0 Å². The number of hydrogen-bond acceptors (Lipinski definition) is 4. The maximum Gasteiger partial charge on any atom is 0.109 e. The summed E-state index contributed by atoms with van der Waals surface area (Å²) in [5.41, 5.74) is 1.35. The molecule has 1 aromatic carbocycles. The minimum Gasteiger partial charge on any atom is -0.371 e. The van der Waals surface area contributed by atoms with E-state index < -0.39 is 0 Å². The van der Waals surface area contributed by atoms with Crippen molar-refractivity contribution in [1.29, 1.82) is 0 Å². The van der Waals surface area contributed by atoms with Crippen molar-refractivity contribution in [2.24, 2.45) is 0 Å². The van der Waals surface area contributed by atoms with E-state index in [0.29, 0.717) is 12.1 Å². The second kappa shape index (κ2) is 6.58. The van der Waals surface area contributed by atoms with Crippen LogP contribution >= 0.6 is 11.3 Å². The fourth-order valence-corrected chi connectivity index (χ4v) is 3.73. The molecule has 1 fully saturated rings. The van der Waals surface area contributed by atoms with Crippen molar-refractivity contribution >= 4 is 17.0 Å². The SMILES string of the molecule is Cc1cnc(C(C)NC2CCN(c3ccccc3)CC2)s1. The molecule has 0 saturated carbocycles. The highest BCUT2D eigenvalue weighted by Gasteiger charge is 2.21. The van der Waals surface area contributed by atoms with E-state index in [9.17, 15) is 0 Å². The summed E-state index contributed by atoms with van der Waals surface area (Å²) in [6, 6.07) is 11.7. The lowest BCUT2D eigenvalue weighted by Gasteiger charge is -2.35. The van der Waals surface area contributed by atoms with E-state index in [-0.39, 0.29) is 0 Å². The molecule has 2 aromatic rings. The summed E-state index contributed by atoms with van der Waals surface area (Å²) >= 11 is 1.80. The Morgan fingerprint density at radius 3 is 2.57 bits per heavy atom. The number of para-hydroxylation sites is 1. The number of anilines is 1. The van der Waals surface area contributed by atoms with Gasteiger partial charge in [0.1, 0.15) is 5.01 Å². The smallest absolute Gasteiger partial charge is 0.109 e. The molecule has 1 saturated heterocycles. The molecule has 1 aliphatic heterocycles. The average molecular weight is 301 g/mol. The van der Waals surface area contributed by atoms with E-state index in [1.165, 1.54) is 28.4 Å². The molecule has 2 heterocycles. The Kier molecular flexibility index (Phi) is 4.56. The summed E-state index contributed by atoms with van der Waals surface area (Å²) in [5, 5.41) is 4.95. The first-order chi connectivity index (χ1) is 10.2. The second-order valence-electron chi connectivity index (χ2n) is 5.79. The van der Waals surface area contributed by atoms with Gasteiger partial charge in [0.25, 0.3) is 0 Å². The summed E-state index contributed by atoms with van der Waals surface area (Å²) in [5.74, 6) is 0. The summed E-state index contributed by atoms with van der Waals surface area (Å²) in [4.78, 5) is 8.26. The average Bonchev–Trinajstić information content (AvgIpc) is 2.96. The van der Waals surface area contributed by atoms with Crippen LogP contribution in [0.25, 0.3) is 0 Å². The number of nitrogens with one attached hydrogen (secondary N) is 1. The number of benzene rings is 1. The number of rotatable bonds is 4. The van der Waals surface area contributed by atoms with Crippen LogP contribution in [-0.4, -0.2) is 24.1 Å². The Bertz CT molecular complexity index is 558. The van der Waals surface area contributed by atoms with Gasteiger partial charge in [0, 0.05) is 35.9 Å². The third-order valence-electron chi connectivity index (χ3n) is 4.11. The van der Waals surface area contributed by atoms with Crippen molar-refractivity contribution < 1.29 is 0 Å². The van der Waals surface area contributed by atoms with Crippen LogP contribution < -0.4 is 10.2 Å². The van der Waals surface area contributed by atoms with Gasteiger partial charge in [-0.15, -0.1) is 11.3 Å². The van der Waals surface area contributed by atoms with Crippen molar-refractivity contribution in [3.63, 3.8) is 0 Å². The zero-order valence-corrected chi connectivity index (χ0v) is 13.6. The Balaban J connectivity index is 1.52. The van der Waals surface area contributed by atoms with Crippen molar-refractivity contribution in [3.8, 4) is 0 Å². The lowest BCUT2D eigenvalue weighted by molar-refractivity contribution is 0.380. The van der Waals surface area contributed by atoms with Gasteiger partial charge in [-0.05, 0) is 38.8 Å². The normalized spacial score (nSPS) is 17.9. The molecule has 0 amide bonds. The highest BCUT2D eigenvalue weighted by Crippen LogP contribution is 2.23. The minimum absolute atomic E-state index is 0.358. The standard InChI is InChI=1S/C17H23N3S/c1-13-12-18-17(21-13)14(2)19-15-8-10-20(11-9-15)16-6-4-3-5-7-16/h3-7,12,14-15,19H,8-11H2,1-2H3. The van der Waals surface area contributed by atoms with Gasteiger partial charge in [0.2, 0.25) is 0 Å². The summed E-state index contributed by atoms with van der Waals surface area (Å²) < 4.78 is 0. The Morgan fingerprint density at radius 1 is 1.24 bits per heavy atom. The van der Waals surface area contributed by atoms with Gasteiger partial charge >= 0.3 is 0 Å². The van der Waals surface area contributed by atoms with Crippen LogP contribution in [0, 0.1) is 6.92 Å². The summed E-state index contributed by atoms with van der Waals surface area (Å²) in [6.45, 7) is 6.60. The molecule has 1 aliphatic rings. The van der Waals surface area contributed by atoms with E-state index in [1.54, 1.807) is 11.3 Å². The lowest BCUT2D eigenvalue weighted by Crippen LogP contribution is -2.43. The first-order valence-electron chi connectivity index (χ1n) is 7.71. The third kappa shape index (κ3) is 3.63. The topological polar surface area (TPSA) is 28.2 Å². The molecule has 4 heteroatoms. The molecule has 3 nitrogen and oxygen atoms in total. The number of hydrogen-bond donors (Lipinski definition) is 1. The zero-order chi connectivity index (χ0) is 14.7. The van der Waals surface area contributed by atoms with Gasteiger partial charge in [-0.2, -0.15) is 0 Å². The van der Waals surface area contributed by atoms with Gasteiger partial charge in [0.05, 0.1) is 6.04 Å². The highest BCUT2D eigenvalue weighted by atomic mass is 32.1. The lowest BCUT2D eigenvalue weighted by atomic mass is 10.0. The molecular weight excluding hydrogens is 278 g/mol. The molecule has 0 spiro atoms. The van der Waals surface area contributed by atoms with Crippen molar-refractivity contribution in [2.75, 3.05) is 18.0 Å². The molecule has 112 valence electrons. The van der Waals surface area contributed by atoms with Crippen LogP contribution in [0.3, 0.4) is 0 Å².